The Hall–Kier alpha value is -2.30. The topological polar surface area (TPSA) is 37.3 Å². The highest BCUT2D eigenvalue weighted by atomic mass is 19.2. The molecule has 3 rings (SSSR count). The van der Waals surface area contributed by atoms with Crippen LogP contribution in [-0.4, -0.2) is 11.1 Å². The van der Waals surface area contributed by atoms with Crippen molar-refractivity contribution in [2.24, 2.45) is 5.92 Å². The molecule has 0 amide bonds. The molecule has 0 unspecified atom stereocenters. The zero-order valence-electron chi connectivity index (χ0n) is 18.1. The zero-order chi connectivity index (χ0) is 22.4. The molecule has 0 saturated heterocycles. The van der Waals surface area contributed by atoms with E-state index < -0.39 is 23.4 Å². The molecule has 1 N–H and O–H groups in total. The molecular formula is C26H31F3O2. The molecule has 0 aromatic heterocycles. The fourth-order valence-electron chi connectivity index (χ4n) is 4.93. The van der Waals surface area contributed by atoms with E-state index in [1.807, 2.05) is 0 Å². The first kappa shape index (κ1) is 23.4. The molecule has 5 heteroatoms. The Labute approximate surface area is 182 Å². The molecule has 0 spiro atoms. The third kappa shape index (κ3) is 5.69. The third-order valence-electron chi connectivity index (χ3n) is 6.60. The molecule has 168 valence electrons. The van der Waals surface area contributed by atoms with Gasteiger partial charge in [-0.3, -0.25) is 0 Å². The van der Waals surface area contributed by atoms with Gasteiger partial charge in [0.1, 0.15) is 0 Å². The van der Waals surface area contributed by atoms with Crippen LogP contribution in [0.1, 0.15) is 93.0 Å². The number of benzene rings is 2. The number of carbonyl (C=O) groups is 1. The molecule has 0 atom stereocenters. The lowest BCUT2D eigenvalue weighted by molar-refractivity contribution is 0.0694. The minimum absolute atomic E-state index is 0.00909. The fraction of sp³-hybridized carbons (Fsp3) is 0.500. The van der Waals surface area contributed by atoms with Crippen molar-refractivity contribution < 1.29 is 23.1 Å². The number of unbranched alkanes of at least 4 members (excludes halogenated alkanes) is 4. The lowest BCUT2D eigenvalue weighted by Gasteiger charge is -2.31. The summed E-state index contributed by atoms with van der Waals surface area (Å²) < 4.78 is 41.2. The second-order valence-electron chi connectivity index (χ2n) is 8.75. The van der Waals surface area contributed by atoms with Gasteiger partial charge in [-0.25, -0.2) is 18.0 Å². The highest BCUT2D eigenvalue weighted by Crippen LogP contribution is 2.43. The van der Waals surface area contributed by atoms with Gasteiger partial charge in [0, 0.05) is 0 Å². The predicted octanol–water partition coefficient (Wildman–Crippen LogP) is 8.10. The standard InChI is InChI=1S/C26H31F3O2/c1-2-3-4-5-6-8-17-11-13-18(14-12-17)24-20(9-7-10-21(24)26(30)31)19-15-22(27)25(29)23(28)16-19/h7,9-10,15-18H,2-6,8,11-14H2,1H3,(H,30,31). The van der Waals surface area contributed by atoms with Crippen LogP contribution in [0.4, 0.5) is 13.2 Å². The van der Waals surface area contributed by atoms with Crippen molar-refractivity contribution in [1.29, 1.82) is 0 Å². The summed E-state index contributed by atoms with van der Waals surface area (Å²) in [6, 6.07) is 6.68. The monoisotopic (exact) mass is 432 g/mol. The molecule has 2 nitrogen and oxygen atoms in total. The molecule has 0 aliphatic heterocycles. The Morgan fingerprint density at radius 3 is 2.23 bits per heavy atom. The van der Waals surface area contributed by atoms with Gasteiger partial charge in [-0.1, -0.05) is 57.6 Å². The Morgan fingerprint density at radius 2 is 1.61 bits per heavy atom. The molecule has 31 heavy (non-hydrogen) atoms. The molecule has 2 aromatic carbocycles. The molecule has 2 aromatic rings. The Morgan fingerprint density at radius 1 is 0.968 bits per heavy atom. The lowest BCUT2D eigenvalue weighted by atomic mass is 9.74. The summed E-state index contributed by atoms with van der Waals surface area (Å²) in [5.74, 6) is -4.45. The van der Waals surface area contributed by atoms with Crippen LogP contribution in [0.25, 0.3) is 11.1 Å². The van der Waals surface area contributed by atoms with Gasteiger partial charge in [-0.15, -0.1) is 0 Å². The van der Waals surface area contributed by atoms with Crippen molar-refractivity contribution in [3.8, 4) is 11.1 Å². The van der Waals surface area contributed by atoms with Crippen LogP contribution in [-0.2, 0) is 0 Å². The average Bonchev–Trinajstić information content (AvgIpc) is 2.77. The smallest absolute Gasteiger partial charge is 0.335 e. The Balaban J connectivity index is 1.81. The van der Waals surface area contributed by atoms with Crippen molar-refractivity contribution in [2.45, 2.75) is 77.0 Å². The fourth-order valence-corrected chi connectivity index (χ4v) is 4.93. The van der Waals surface area contributed by atoms with Gasteiger partial charge < -0.3 is 5.11 Å². The van der Waals surface area contributed by atoms with Crippen molar-refractivity contribution in [3.05, 3.63) is 58.9 Å². The van der Waals surface area contributed by atoms with Crippen molar-refractivity contribution in [2.75, 3.05) is 0 Å². The maximum absolute atomic E-state index is 13.9. The number of hydrogen-bond donors (Lipinski definition) is 1. The van der Waals surface area contributed by atoms with E-state index in [2.05, 4.69) is 6.92 Å². The van der Waals surface area contributed by atoms with E-state index in [4.69, 9.17) is 0 Å². The number of carboxylic acids is 1. The molecule has 0 heterocycles. The van der Waals surface area contributed by atoms with Gasteiger partial charge in [0.15, 0.2) is 17.5 Å². The van der Waals surface area contributed by atoms with Gasteiger partial charge in [0.25, 0.3) is 0 Å². The van der Waals surface area contributed by atoms with Crippen LogP contribution in [0, 0.1) is 23.4 Å². The maximum atomic E-state index is 13.9. The summed E-state index contributed by atoms with van der Waals surface area (Å²) in [6.07, 6.45) is 11.3. The van der Waals surface area contributed by atoms with Crippen LogP contribution in [0.2, 0.25) is 0 Å². The summed E-state index contributed by atoms with van der Waals surface area (Å²) in [4.78, 5) is 11.9. The van der Waals surface area contributed by atoms with E-state index in [9.17, 15) is 23.1 Å². The van der Waals surface area contributed by atoms with Crippen LogP contribution in [0.3, 0.4) is 0 Å². The molecule has 0 bridgehead atoms. The SMILES string of the molecule is CCCCCCCC1CCC(c2c(C(=O)O)cccc2-c2cc(F)c(F)c(F)c2)CC1. The highest BCUT2D eigenvalue weighted by molar-refractivity contribution is 5.92. The minimum Gasteiger partial charge on any atom is -0.478 e. The first-order chi connectivity index (χ1) is 14.9. The van der Waals surface area contributed by atoms with Crippen LogP contribution < -0.4 is 0 Å². The highest BCUT2D eigenvalue weighted by Gasteiger charge is 2.28. The molecule has 1 aliphatic rings. The van der Waals surface area contributed by atoms with E-state index >= 15 is 0 Å². The molecular weight excluding hydrogens is 401 g/mol. The Kier molecular flexibility index (Phi) is 8.16. The molecule has 1 fully saturated rings. The number of hydrogen-bond acceptors (Lipinski definition) is 1. The zero-order valence-corrected chi connectivity index (χ0v) is 18.1. The van der Waals surface area contributed by atoms with Gasteiger partial charge in [0.05, 0.1) is 5.56 Å². The van der Waals surface area contributed by atoms with Crippen LogP contribution in [0.15, 0.2) is 30.3 Å². The second kappa shape index (κ2) is 10.8. The van der Waals surface area contributed by atoms with Crippen molar-refractivity contribution in [3.63, 3.8) is 0 Å². The molecule has 1 saturated carbocycles. The average molecular weight is 433 g/mol. The van der Waals surface area contributed by atoms with Gasteiger partial charge >= 0.3 is 5.97 Å². The minimum atomic E-state index is -1.51. The number of rotatable bonds is 9. The lowest BCUT2D eigenvalue weighted by Crippen LogP contribution is -2.17. The largest absolute Gasteiger partial charge is 0.478 e. The van der Waals surface area contributed by atoms with Crippen molar-refractivity contribution in [1.82, 2.24) is 0 Å². The quantitative estimate of drug-likeness (QED) is 0.321. The summed E-state index contributed by atoms with van der Waals surface area (Å²) in [7, 11) is 0. The number of aromatic carboxylic acids is 1. The summed E-state index contributed by atoms with van der Waals surface area (Å²) in [5.41, 5.74) is 1.42. The summed E-state index contributed by atoms with van der Waals surface area (Å²) in [6.45, 7) is 2.21. The van der Waals surface area contributed by atoms with E-state index in [1.54, 1.807) is 12.1 Å². The molecule has 0 radical (unpaired) electrons. The normalized spacial score (nSPS) is 18.8. The van der Waals surface area contributed by atoms with E-state index in [0.717, 1.165) is 37.8 Å². The van der Waals surface area contributed by atoms with Gasteiger partial charge in [-0.05, 0) is 72.4 Å². The van der Waals surface area contributed by atoms with Gasteiger partial charge in [0.2, 0.25) is 0 Å². The summed E-state index contributed by atoms with van der Waals surface area (Å²) in [5, 5.41) is 9.75. The van der Waals surface area contributed by atoms with Crippen molar-refractivity contribution >= 4 is 5.97 Å². The predicted molar refractivity (Wildman–Crippen MR) is 117 cm³/mol. The molecule has 1 aliphatic carbocycles. The maximum Gasteiger partial charge on any atom is 0.335 e. The first-order valence-corrected chi connectivity index (χ1v) is 11.4. The third-order valence-corrected chi connectivity index (χ3v) is 6.60. The van der Waals surface area contributed by atoms with E-state index in [0.29, 0.717) is 17.0 Å². The Bertz CT molecular complexity index is 879. The number of carboxylic acid groups (broad SMARTS) is 1. The van der Waals surface area contributed by atoms with Crippen LogP contribution in [0.5, 0.6) is 0 Å². The van der Waals surface area contributed by atoms with Gasteiger partial charge in [-0.2, -0.15) is 0 Å². The number of halogens is 3. The summed E-state index contributed by atoms with van der Waals surface area (Å²) >= 11 is 0. The second-order valence-corrected chi connectivity index (χ2v) is 8.75. The first-order valence-electron chi connectivity index (χ1n) is 11.4. The van der Waals surface area contributed by atoms with Crippen LogP contribution >= 0.6 is 0 Å². The van der Waals surface area contributed by atoms with E-state index in [-0.39, 0.29) is 17.0 Å². The van der Waals surface area contributed by atoms with E-state index in [1.165, 1.54) is 44.6 Å².